The summed E-state index contributed by atoms with van der Waals surface area (Å²) in [5.74, 6) is 0. The average molecular weight is 963 g/mol. The van der Waals surface area contributed by atoms with Crippen molar-refractivity contribution in [3.63, 3.8) is 0 Å². The molecule has 0 radical (unpaired) electrons. The highest BCUT2D eigenvalue weighted by atomic mass is 79.9. The largest absolute Gasteiger partial charge is 0.247 e. The summed E-state index contributed by atoms with van der Waals surface area (Å²) in [6.45, 7) is 4.57. The molecule has 6 heteroatoms. The molecule has 8 bridgehead atoms. The van der Waals surface area contributed by atoms with Gasteiger partial charge in [-0.25, -0.2) is 20.0 Å². The number of nitrogens with zero attached hydrogens (tertiary/aromatic N) is 4. The molecule has 4 aromatic rings. The van der Waals surface area contributed by atoms with Crippen LogP contribution < -0.4 is 0 Å². The molecule has 0 saturated carbocycles. The summed E-state index contributed by atoms with van der Waals surface area (Å²) in [6, 6.07) is 36.0. The summed E-state index contributed by atoms with van der Waals surface area (Å²) in [5, 5.41) is 0. The summed E-state index contributed by atoms with van der Waals surface area (Å²) < 4.78 is 1.74. The van der Waals surface area contributed by atoms with Crippen LogP contribution in [0.5, 0.6) is 0 Å². The van der Waals surface area contributed by atoms with Crippen molar-refractivity contribution in [3.8, 4) is 22.3 Å². The molecular formula is C58H50Br2N4. The van der Waals surface area contributed by atoms with Crippen molar-refractivity contribution in [1.29, 1.82) is 0 Å². The summed E-state index contributed by atoms with van der Waals surface area (Å²) in [7, 11) is 0. The number of fused-ring (bicyclic) bond motifs is 10. The van der Waals surface area contributed by atoms with E-state index in [1.165, 1.54) is 83.0 Å². The van der Waals surface area contributed by atoms with Crippen LogP contribution in [-0.4, -0.2) is 22.8 Å². The third kappa shape index (κ3) is 6.42. The molecule has 7 aliphatic rings. The molecule has 11 rings (SSSR count). The van der Waals surface area contributed by atoms with Gasteiger partial charge >= 0.3 is 0 Å². The standard InChI is InChI=1S/C58H50Br2N4/c1-3-5-7-17-35-57(41-23-13-9-19-37(41)38-20-10-14-24-42(38)57)53-45-27-31-49(61-45)55(59)51-33-29-47(63-51)54(48-30-34-52(64-48)56(60)50-32-28-46(53)62-50)58(36-18-8-6-4-2)43-25-15-11-21-39(43)40-22-12-16-26-44(40)58/h9-16,19-34H,3-8,17-18,35-36H2,1-2H3. The maximum absolute atomic E-state index is 5.57. The second-order valence-corrected chi connectivity index (χ2v) is 19.4. The topological polar surface area (TPSA) is 49.4 Å². The van der Waals surface area contributed by atoms with E-state index in [9.17, 15) is 0 Å². The lowest BCUT2D eigenvalue weighted by Crippen LogP contribution is -2.32. The first-order valence-corrected chi connectivity index (χ1v) is 24.8. The molecule has 4 nitrogen and oxygen atoms in total. The van der Waals surface area contributed by atoms with Crippen molar-refractivity contribution < 1.29 is 0 Å². The van der Waals surface area contributed by atoms with E-state index in [1.54, 1.807) is 0 Å². The van der Waals surface area contributed by atoms with E-state index in [2.05, 4.69) is 191 Å². The van der Waals surface area contributed by atoms with Gasteiger partial charge in [0.05, 0.1) is 65.4 Å². The second kappa shape index (κ2) is 16.8. The molecule has 5 heterocycles. The molecular weight excluding hydrogens is 912 g/mol. The Morgan fingerprint density at radius 2 is 0.672 bits per heavy atom. The monoisotopic (exact) mass is 960 g/mol. The lowest BCUT2D eigenvalue weighted by atomic mass is 9.66. The third-order valence-corrected chi connectivity index (χ3v) is 15.9. The van der Waals surface area contributed by atoms with Gasteiger partial charge in [-0.15, -0.1) is 0 Å². The highest BCUT2D eigenvalue weighted by Crippen LogP contribution is 2.59. The van der Waals surface area contributed by atoms with Crippen molar-refractivity contribution in [2.45, 2.75) is 88.9 Å². The van der Waals surface area contributed by atoms with Gasteiger partial charge in [-0.05, 0) is 138 Å². The van der Waals surface area contributed by atoms with E-state index >= 15 is 0 Å². The van der Waals surface area contributed by atoms with Crippen molar-refractivity contribution in [2.75, 3.05) is 0 Å². The van der Waals surface area contributed by atoms with Crippen molar-refractivity contribution >= 4 is 54.7 Å². The Bertz CT molecular complexity index is 2750. The number of hydrogen-bond donors (Lipinski definition) is 0. The number of unbranched alkanes of at least 4 members (excludes halogenated alkanes) is 6. The maximum Gasteiger partial charge on any atom is 0.0801 e. The van der Waals surface area contributed by atoms with Gasteiger partial charge in [0.2, 0.25) is 0 Å². The smallest absolute Gasteiger partial charge is 0.0801 e. The van der Waals surface area contributed by atoms with Crippen LogP contribution >= 0.6 is 31.9 Å². The molecule has 5 aliphatic heterocycles. The van der Waals surface area contributed by atoms with E-state index in [0.717, 1.165) is 91.4 Å². The van der Waals surface area contributed by atoms with Gasteiger partial charge in [-0.2, -0.15) is 0 Å². The predicted octanol–water partition coefficient (Wildman–Crippen LogP) is 15.6. The minimum Gasteiger partial charge on any atom is -0.247 e. The first-order chi connectivity index (χ1) is 31.5. The first kappa shape index (κ1) is 41.2. The van der Waals surface area contributed by atoms with Crippen LogP contribution in [0.1, 0.15) is 100 Å². The third-order valence-electron chi connectivity index (χ3n) is 14.3. The average Bonchev–Trinajstić information content (AvgIpc) is 4.21. The molecule has 0 atom stereocenters. The Labute approximate surface area is 394 Å². The van der Waals surface area contributed by atoms with E-state index < -0.39 is 10.8 Å². The molecule has 0 N–H and O–H groups in total. The quantitative estimate of drug-likeness (QED) is 0.127. The van der Waals surface area contributed by atoms with Gasteiger partial charge in [0, 0.05) is 11.1 Å². The fourth-order valence-electron chi connectivity index (χ4n) is 11.5. The zero-order valence-corrected chi connectivity index (χ0v) is 39.6. The normalized spacial score (nSPS) is 19.1. The Balaban J connectivity index is 1.16. The Morgan fingerprint density at radius 3 is 1.03 bits per heavy atom. The minimum atomic E-state index is -0.469. The lowest BCUT2D eigenvalue weighted by Gasteiger charge is -2.36. The van der Waals surface area contributed by atoms with Gasteiger partial charge in [0.25, 0.3) is 0 Å². The van der Waals surface area contributed by atoms with Gasteiger partial charge < -0.3 is 0 Å². The van der Waals surface area contributed by atoms with E-state index in [-0.39, 0.29) is 0 Å². The van der Waals surface area contributed by atoms with Gasteiger partial charge in [-0.3, -0.25) is 0 Å². The van der Waals surface area contributed by atoms with Crippen LogP contribution in [0.3, 0.4) is 0 Å². The van der Waals surface area contributed by atoms with E-state index in [1.807, 2.05) is 0 Å². The Kier molecular flexibility index (Phi) is 10.8. The molecule has 0 unspecified atom stereocenters. The fraction of sp³-hybridized carbons (Fsp3) is 0.241. The summed E-state index contributed by atoms with van der Waals surface area (Å²) in [5.41, 5.74) is 18.9. The molecule has 4 aromatic carbocycles. The fourth-order valence-corrected chi connectivity index (χ4v) is 12.4. The number of hydrogen-bond acceptors (Lipinski definition) is 4. The number of rotatable bonds is 12. The van der Waals surface area contributed by atoms with Crippen molar-refractivity contribution in [3.05, 3.63) is 211 Å². The number of benzene rings is 4. The predicted molar refractivity (Wildman–Crippen MR) is 275 cm³/mol. The summed E-state index contributed by atoms with van der Waals surface area (Å²) in [6.07, 6.45) is 28.6. The molecule has 2 aliphatic carbocycles. The second-order valence-electron chi connectivity index (χ2n) is 17.9. The number of halogens is 2. The molecule has 0 amide bonds. The van der Waals surface area contributed by atoms with Gasteiger partial charge in [-0.1, -0.05) is 162 Å². The maximum atomic E-state index is 5.57. The highest BCUT2D eigenvalue weighted by Gasteiger charge is 2.50. The minimum absolute atomic E-state index is 0.469. The SMILES string of the molecule is CCCCCCC1(C2=C3C=CC(=N3)C(Br)=C3C=CC(=N3)C(C3(CCCCCC)c4ccccc4-c4ccccc43)=C3C=CC(=N3)C(Br)=C3C=CC2=N3)c2ccccc2-c2ccccc21. The molecule has 0 spiro atoms. The molecule has 0 saturated heterocycles. The number of aliphatic imine (C=N–C) groups is 4. The Morgan fingerprint density at radius 1 is 0.359 bits per heavy atom. The molecule has 0 fully saturated rings. The Hall–Kier alpha value is -5.56. The summed E-state index contributed by atoms with van der Waals surface area (Å²) in [4.78, 5) is 22.3. The lowest BCUT2D eigenvalue weighted by molar-refractivity contribution is 0.517. The van der Waals surface area contributed by atoms with E-state index in [0.29, 0.717) is 0 Å². The summed E-state index contributed by atoms with van der Waals surface area (Å²) >= 11 is 8.19. The number of allylic oxidation sites excluding steroid dienone is 12. The molecule has 0 aromatic heterocycles. The van der Waals surface area contributed by atoms with Crippen LogP contribution in [-0.2, 0) is 10.8 Å². The molecule has 316 valence electrons. The van der Waals surface area contributed by atoms with Crippen LogP contribution in [0, 0.1) is 0 Å². The van der Waals surface area contributed by atoms with Crippen LogP contribution in [0.25, 0.3) is 22.3 Å². The highest BCUT2D eigenvalue weighted by molar-refractivity contribution is 9.12. The van der Waals surface area contributed by atoms with Gasteiger partial charge in [0.1, 0.15) is 0 Å². The van der Waals surface area contributed by atoms with Crippen LogP contribution in [0.2, 0.25) is 0 Å². The zero-order chi connectivity index (χ0) is 43.4. The van der Waals surface area contributed by atoms with E-state index in [4.69, 9.17) is 20.0 Å². The van der Waals surface area contributed by atoms with Crippen molar-refractivity contribution in [1.82, 2.24) is 0 Å². The van der Waals surface area contributed by atoms with Crippen molar-refractivity contribution in [2.24, 2.45) is 20.0 Å². The first-order valence-electron chi connectivity index (χ1n) is 23.2. The van der Waals surface area contributed by atoms with Crippen LogP contribution in [0.15, 0.2) is 209 Å². The van der Waals surface area contributed by atoms with Gasteiger partial charge in [0.15, 0.2) is 0 Å². The molecule has 64 heavy (non-hydrogen) atoms. The van der Waals surface area contributed by atoms with Crippen LogP contribution in [0.4, 0.5) is 0 Å². The zero-order valence-electron chi connectivity index (χ0n) is 36.5.